The first-order valence-electron chi connectivity index (χ1n) is 9.32. The van der Waals surface area contributed by atoms with Crippen LogP contribution in [0.25, 0.3) is 22.3 Å². The SMILES string of the molecule is CCC(C)n1c(=O)c2ccccc2n(Cc2nc(-c3cccc(Cl)c3)no2)c1=O. The fourth-order valence-corrected chi connectivity index (χ4v) is 3.45. The number of rotatable bonds is 5. The van der Waals surface area contributed by atoms with E-state index >= 15 is 0 Å². The van der Waals surface area contributed by atoms with E-state index in [1.807, 2.05) is 19.9 Å². The van der Waals surface area contributed by atoms with Crippen molar-refractivity contribution < 1.29 is 4.52 Å². The van der Waals surface area contributed by atoms with Crippen LogP contribution >= 0.6 is 11.6 Å². The Morgan fingerprint density at radius 2 is 1.93 bits per heavy atom. The molecule has 7 nitrogen and oxygen atoms in total. The molecule has 0 aliphatic carbocycles. The fourth-order valence-electron chi connectivity index (χ4n) is 3.26. The molecule has 148 valence electrons. The molecule has 0 saturated heterocycles. The largest absolute Gasteiger partial charge is 0.337 e. The number of para-hydroxylation sites is 1. The van der Waals surface area contributed by atoms with E-state index in [1.54, 1.807) is 42.5 Å². The number of halogens is 1. The highest BCUT2D eigenvalue weighted by atomic mass is 35.5. The predicted molar refractivity (Wildman–Crippen MR) is 111 cm³/mol. The molecule has 4 aromatic rings. The second kappa shape index (κ2) is 7.67. The minimum Gasteiger partial charge on any atom is -0.337 e. The molecular weight excluding hydrogens is 392 g/mol. The van der Waals surface area contributed by atoms with Crippen LogP contribution in [0.3, 0.4) is 0 Å². The van der Waals surface area contributed by atoms with Crippen LogP contribution in [0, 0.1) is 0 Å². The summed E-state index contributed by atoms with van der Waals surface area (Å²) in [5.74, 6) is 0.650. The second-order valence-electron chi connectivity index (χ2n) is 6.84. The van der Waals surface area contributed by atoms with Crippen molar-refractivity contribution in [1.82, 2.24) is 19.3 Å². The van der Waals surface area contributed by atoms with Gasteiger partial charge in [0.1, 0.15) is 6.54 Å². The number of fused-ring (bicyclic) bond motifs is 1. The molecule has 0 amide bonds. The molecule has 2 aromatic heterocycles. The quantitative estimate of drug-likeness (QED) is 0.498. The molecular formula is C21H19ClN4O3. The maximum absolute atomic E-state index is 13.1. The van der Waals surface area contributed by atoms with E-state index in [0.717, 1.165) is 0 Å². The molecule has 0 aliphatic heterocycles. The normalized spacial score (nSPS) is 12.4. The van der Waals surface area contributed by atoms with Gasteiger partial charge in [0.05, 0.1) is 10.9 Å². The van der Waals surface area contributed by atoms with Gasteiger partial charge in [-0.1, -0.05) is 47.9 Å². The number of aromatic nitrogens is 4. The smallest absolute Gasteiger partial charge is 0.332 e. The van der Waals surface area contributed by atoms with Crippen LogP contribution in [0.5, 0.6) is 0 Å². The first-order valence-corrected chi connectivity index (χ1v) is 9.70. The Morgan fingerprint density at radius 3 is 2.69 bits per heavy atom. The van der Waals surface area contributed by atoms with Crippen molar-refractivity contribution in [3.8, 4) is 11.4 Å². The molecule has 0 spiro atoms. The summed E-state index contributed by atoms with van der Waals surface area (Å²) in [4.78, 5) is 30.4. The lowest BCUT2D eigenvalue weighted by Crippen LogP contribution is -2.41. The summed E-state index contributed by atoms with van der Waals surface area (Å²) in [6.07, 6.45) is 0.660. The molecule has 2 heterocycles. The molecule has 0 N–H and O–H groups in total. The van der Waals surface area contributed by atoms with Crippen molar-refractivity contribution in [3.63, 3.8) is 0 Å². The van der Waals surface area contributed by atoms with Crippen molar-refractivity contribution in [2.45, 2.75) is 32.9 Å². The van der Waals surface area contributed by atoms with Gasteiger partial charge in [-0.2, -0.15) is 4.98 Å². The minimum absolute atomic E-state index is 0.0592. The Bertz CT molecular complexity index is 1310. The lowest BCUT2D eigenvalue weighted by Gasteiger charge is -2.16. The van der Waals surface area contributed by atoms with E-state index in [4.69, 9.17) is 16.1 Å². The van der Waals surface area contributed by atoms with Gasteiger partial charge >= 0.3 is 5.69 Å². The molecule has 4 rings (SSSR count). The van der Waals surface area contributed by atoms with Crippen LogP contribution in [0.2, 0.25) is 5.02 Å². The number of nitrogens with zero attached hydrogens (tertiary/aromatic N) is 4. The Balaban J connectivity index is 1.83. The summed E-state index contributed by atoms with van der Waals surface area (Å²) < 4.78 is 8.16. The zero-order valence-corrected chi connectivity index (χ0v) is 16.8. The summed E-state index contributed by atoms with van der Waals surface area (Å²) in [7, 11) is 0. The van der Waals surface area contributed by atoms with E-state index in [9.17, 15) is 9.59 Å². The van der Waals surface area contributed by atoms with Gasteiger partial charge in [-0.15, -0.1) is 0 Å². The molecule has 0 radical (unpaired) electrons. The lowest BCUT2D eigenvalue weighted by atomic mass is 10.2. The highest BCUT2D eigenvalue weighted by Crippen LogP contribution is 2.20. The summed E-state index contributed by atoms with van der Waals surface area (Å²) >= 11 is 6.03. The highest BCUT2D eigenvalue weighted by Gasteiger charge is 2.18. The topological polar surface area (TPSA) is 82.9 Å². The molecule has 0 bridgehead atoms. The third-order valence-electron chi connectivity index (χ3n) is 4.96. The van der Waals surface area contributed by atoms with Crippen LogP contribution in [0.15, 0.2) is 62.6 Å². The Labute approximate surface area is 171 Å². The van der Waals surface area contributed by atoms with Crippen LogP contribution in [0.4, 0.5) is 0 Å². The monoisotopic (exact) mass is 410 g/mol. The van der Waals surface area contributed by atoms with Gasteiger partial charge in [-0.25, -0.2) is 4.79 Å². The fraction of sp³-hybridized carbons (Fsp3) is 0.238. The van der Waals surface area contributed by atoms with E-state index < -0.39 is 5.69 Å². The first-order chi connectivity index (χ1) is 14.0. The van der Waals surface area contributed by atoms with Gasteiger partial charge in [0, 0.05) is 16.6 Å². The maximum atomic E-state index is 13.1. The summed E-state index contributed by atoms with van der Waals surface area (Å²) in [5.41, 5.74) is 0.561. The van der Waals surface area contributed by atoms with E-state index in [0.29, 0.717) is 33.7 Å². The lowest BCUT2D eigenvalue weighted by molar-refractivity contribution is 0.367. The average Bonchev–Trinajstić information content (AvgIpc) is 3.20. The van der Waals surface area contributed by atoms with Crippen LogP contribution in [-0.4, -0.2) is 19.3 Å². The second-order valence-corrected chi connectivity index (χ2v) is 7.28. The van der Waals surface area contributed by atoms with E-state index in [1.165, 1.54) is 9.13 Å². The summed E-state index contributed by atoms with van der Waals surface area (Å²) in [6, 6.07) is 13.9. The Hall–Kier alpha value is -3.19. The molecule has 0 aliphatic rings. The third-order valence-corrected chi connectivity index (χ3v) is 5.19. The zero-order chi connectivity index (χ0) is 20.5. The van der Waals surface area contributed by atoms with Crippen molar-refractivity contribution in [1.29, 1.82) is 0 Å². The molecule has 29 heavy (non-hydrogen) atoms. The minimum atomic E-state index is -0.398. The number of hydrogen-bond acceptors (Lipinski definition) is 5. The van der Waals surface area contributed by atoms with Crippen LogP contribution in [-0.2, 0) is 6.54 Å². The Kier molecular flexibility index (Phi) is 5.07. The maximum Gasteiger partial charge on any atom is 0.332 e. The molecule has 2 aromatic carbocycles. The predicted octanol–water partition coefficient (Wildman–Crippen LogP) is 3.89. The van der Waals surface area contributed by atoms with Crippen molar-refractivity contribution in [3.05, 3.63) is 80.3 Å². The van der Waals surface area contributed by atoms with Crippen LogP contribution in [0.1, 0.15) is 32.2 Å². The standard InChI is InChI=1S/C21H19ClN4O3/c1-3-13(2)26-20(27)16-9-4-5-10-17(16)25(21(26)28)12-18-23-19(24-29-18)14-7-6-8-15(22)11-14/h4-11,13H,3,12H2,1-2H3. The van der Waals surface area contributed by atoms with Crippen molar-refractivity contribution in [2.24, 2.45) is 0 Å². The van der Waals surface area contributed by atoms with Crippen molar-refractivity contribution >= 4 is 22.5 Å². The van der Waals surface area contributed by atoms with Gasteiger partial charge in [-0.3, -0.25) is 13.9 Å². The zero-order valence-electron chi connectivity index (χ0n) is 16.0. The molecule has 1 atom stereocenters. The van der Waals surface area contributed by atoms with Gasteiger partial charge in [0.15, 0.2) is 0 Å². The van der Waals surface area contributed by atoms with Crippen LogP contribution < -0.4 is 11.2 Å². The first kappa shape index (κ1) is 19.1. The number of benzene rings is 2. The van der Waals surface area contributed by atoms with Gasteiger partial charge in [0.2, 0.25) is 11.7 Å². The molecule has 0 saturated carbocycles. The highest BCUT2D eigenvalue weighted by molar-refractivity contribution is 6.30. The van der Waals surface area contributed by atoms with E-state index in [-0.39, 0.29) is 24.0 Å². The average molecular weight is 411 g/mol. The molecule has 8 heteroatoms. The third kappa shape index (κ3) is 3.49. The number of hydrogen-bond donors (Lipinski definition) is 0. The molecule has 1 unspecified atom stereocenters. The van der Waals surface area contributed by atoms with Crippen molar-refractivity contribution in [2.75, 3.05) is 0 Å². The summed E-state index contributed by atoms with van der Waals surface area (Å²) in [6.45, 7) is 3.85. The van der Waals surface area contributed by atoms with E-state index in [2.05, 4.69) is 10.1 Å². The Morgan fingerprint density at radius 1 is 1.14 bits per heavy atom. The van der Waals surface area contributed by atoms with Gasteiger partial charge in [0.25, 0.3) is 5.56 Å². The van der Waals surface area contributed by atoms with Gasteiger partial charge in [-0.05, 0) is 37.6 Å². The molecule has 0 fully saturated rings. The van der Waals surface area contributed by atoms with Gasteiger partial charge < -0.3 is 4.52 Å². The summed E-state index contributed by atoms with van der Waals surface area (Å²) in [5, 5.41) is 5.04.